The topological polar surface area (TPSA) is 32.3 Å². The van der Waals surface area contributed by atoms with Gasteiger partial charge in [-0.2, -0.15) is 0 Å². The fourth-order valence-corrected chi connectivity index (χ4v) is 6.27. The molecule has 2 aromatic carbocycles. The summed E-state index contributed by atoms with van der Waals surface area (Å²) in [6.45, 7) is 5.31. The summed E-state index contributed by atoms with van der Waals surface area (Å²) in [6, 6.07) is 13.9. The Morgan fingerprint density at radius 3 is 2.47 bits per heavy atom. The highest BCUT2D eigenvalue weighted by atomic mass is 19.1. The summed E-state index contributed by atoms with van der Waals surface area (Å²) in [5.41, 5.74) is 5.37. The number of piperidine rings is 2. The SMILES string of the molecule is O=CC1c2ccc(C3CCNCC3)cc2CC1CC1CCN(Cc2ccc(F)cc2)CC1. The van der Waals surface area contributed by atoms with Gasteiger partial charge in [0.25, 0.3) is 0 Å². The molecule has 32 heavy (non-hydrogen) atoms. The number of rotatable bonds is 6. The van der Waals surface area contributed by atoms with Crippen molar-refractivity contribution in [1.82, 2.24) is 10.2 Å². The van der Waals surface area contributed by atoms with Crippen LogP contribution in [0.1, 0.15) is 66.2 Å². The van der Waals surface area contributed by atoms with Gasteiger partial charge >= 0.3 is 0 Å². The number of aldehydes is 1. The molecule has 2 aliphatic heterocycles. The highest BCUT2D eigenvalue weighted by Crippen LogP contribution is 2.43. The summed E-state index contributed by atoms with van der Waals surface area (Å²) in [6.07, 6.45) is 8.26. The first-order valence-corrected chi connectivity index (χ1v) is 12.4. The Bertz CT molecular complexity index is 914. The Balaban J connectivity index is 1.17. The van der Waals surface area contributed by atoms with E-state index in [4.69, 9.17) is 0 Å². The van der Waals surface area contributed by atoms with Gasteiger partial charge in [0, 0.05) is 12.5 Å². The van der Waals surface area contributed by atoms with E-state index in [9.17, 15) is 9.18 Å². The van der Waals surface area contributed by atoms with Crippen LogP contribution in [-0.4, -0.2) is 37.4 Å². The van der Waals surface area contributed by atoms with E-state index in [2.05, 4.69) is 28.4 Å². The lowest BCUT2D eigenvalue weighted by Crippen LogP contribution is -2.34. The number of hydrogen-bond acceptors (Lipinski definition) is 3. The molecule has 1 N–H and O–H groups in total. The van der Waals surface area contributed by atoms with Gasteiger partial charge in [-0.25, -0.2) is 4.39 Å². The van der Waals surface area contributed by atoms with E-state index in [0.29, 0.717) is 17.8 Å². The lowest BCUT2D eigenvalue weighted by atomic mass is 9.82. The molecule has 5 rings (SSSR count). The summed E-state index contributed by atoms with van der Waals surface area (Å²) in [4.78, 5) is 14.5. The van der Waals surface area contributed by atoms with Gasteiger partial charge in [-0.1, -0.05) is 30.3 Å². The second kappa shape index (κ2) is 9.84. The molecule has 0 radical (unpaired) electrons. The first-order chi connectivity index (χ1) is 15.7. The summed E-state index contributed by atoms with van der Waals surface area (Å²) in [7, 11) is 0. The first-order valence-electron chi connectivity index (χ1n) is 12.4. The second-order valence-corrected chi connectivity index (χ2v) is 10.2. The molecule has 3 nitrogen and oxygen atoms in total. The van der Waals surface area contributed by atoms with Crippen molar-refractivity contribution in [3.8, 4) is 0 Å². The van der Waals surface area contributed by atoms with E-state index in [-0.39, 0.29) is 11.7 Å². The monoisotopic (exact) mass is 434 g/mol. The number of halogens is 1. The standard InChI is InChI=1S/C28H35FN2O/c29-26-4-1-21(2-5-26)18-31-13-9-20(10-14-31)15-24-17-25-16-23(22-7-11-30-12-8-22)3-6-27(25)28(24)19-32/h1-6,16,19-20,22,24,28,30H,7-15,17-18H2. The quantitative estimate of drug-likeness (QED) is 0.646. The average molecular weight is 435 g/mol. The molecule has 0 spiro atoms. The molecule has 2 atom stereocenters. The van der Waals surface area contributed by atoms with E-state index in [1.165, 1.54) is 54.2 Å². The Morgan fingerprint density at radius 2 is 1.75 bits per heavy atom. The molecule has 2 aromatic rings. The van der Waals surface area contributed by atoms with Crippen LogP contribution in [-0.2, 0) is 17.8 Å². The Kier molecular flexibility index (Phi) is 6.70. The third-order valence-corrected chi connectivity index (χ3v) is 8.14. The van der Waals surface area contributed by atoms with Crippen molar-refractivity contribution in [2.75, 3.05) is 26.2 Å². The third-order valence-electron chi connectivity index (χ3n) is 8.14. The van der Waals surface area contributed by atoms with E-state index < -0.39 is 0 Å². The van der Waals surface area contributed by atoms with Crippen LogP contribution in [0.2, 0.25) is 0 Å². The minimum Gasteiger partial charge on any atom is -0.317 e. The number of benzene rings is 2. The van der Waals surface area contributed by atoms with Gasteiger partial charge in [0.05, 0.1) is 0 Å². The van der Waals surface area contributed by atoms with Crippen molar-refractivity contribution < 1.29 is 9.18 Å². The van der Waals surface area contributed by atoms with Gasteiger partial charge in [0.2, 0.25) is 0 Å². The molecule has 3 aliphatic rings. The van der Waals surface area contributed by atoms with Crippen LogP contribution < -0.4 is 5.32 Å². The zero-order chi connectivity index (χ0) is 21.9. The smallest absolute Gasteiger partial charge is 0.127 e. The molecule has 4 heteroatoms. The van der Waals surface area contributed by atoms with Gasteiger partial charge in [-0.05, 0) is 117 Å². The fourth-order valence-electron chi connectivity index (χ4n) is 6.27. The number of nitrogens with zero attached hydrogens (tertiary/aromatic N) is 1. The van der Waals surface area contributed by atoms with Crippen molar-refractivity contribution in [3.63, 3.8) is 0 Å². The van der Waals surface area contributed by atoms with E-state index in [1.807, 2.05) is 12.1 Å². The zero-order valence-corrected chi connectivity index (χ0v) is 18.9. The van der Waals surface area contributed by atoms with E-state index >= 15 is 0 Å². The molecule has 2 saturated heterocycles. The predicted molar refractivity (Wildman–Crippen MR) is 126 cm³/mol. The largest absolute Gasteiger partial charge is 0.317 e. The second-order valence-electron chi connectivity index (χ2n) is 10.2. The lowest BCUT2D eigenvalue weighted by molar-refractivity contribution is -0.110. The van der Waals surface area contributed by atoms with E-state index in [1.54, 1.807) is 12.1 Å². The van der Waals surface area contributed by atoms with Crippen molar-refractivity contribution in [2.45, 2.75) is 56.9 Å². The van der Waals surface area contributed by atoms with Crippen molar-refractivity contribution in [1.29, 1.82) is 0 Å². The van der Waals surface area contributed by atoms with Crippen LogP contribution >= 0.6 is 0 Å². The minimum atomic E-state index is -0.169. The normalized spacial score (nSPS) is 25.0. The molecule has 170 valence electrons. The Labute approximate surface area is 191 Å². The molecule has 2 heterocycles. The molecule has 0 amide bonds. The summed E-state index contributed by atoms with van der Waals surface area (Å²) < 4.78 is 13.1. The van der Waals surface area contributed by atoms with Crippen LogP contribution in [0.3, 0.4) is 0 Å². The third kappa shape index (κ3) is 4.82. The molecule has 0 bridgehead atoms. The Hall–Kier alpha value is -2.04. The maximum atomic E-state index is 13.1. The van der Waals surface area contributed by atoms with Crippen LogP contribution in [0.5, 0.6) is 0 Å². The minimum absolute atomic E-state index is 0.0734. The summed E-state index contributed by atoms with van der Waals surface area (Å²) in [5, 5.41) is 3.46. The maximum Gasteiger partial charge on any atom is 0.127 e. The molecule has 0 aromatic heterocycles. The van der Waals surface area contributed by atoms with Crippen molar-refractivity contribution >= 4 is 6.29 Å². The van der Waals surface area contributed by atoms with Crippen LogP contribution in [0.25, 0.3) is 0 Å². The van der Waals surface area contributed by atoms with Crippen LogP contribution in [0.4, 0.5) is 4.39 Å². The lowest BCUT2D eigenvalue weighted by Gasteiger charge is -2.33. The fraction of sp³-hybridized carbons (Fsp3) is 0.536. The molecular formula is C28H35FN2O. The molecule has 2 fully saturated rings. The van der Waals surface area contributed by atoms with Gasteiger partial charge in [-0.3, -0.25) is 4.90 Å². The van der Waals surface area contributed by atoms with Gasteiger partial charge < -0.3 is 10.1 Å². The van der Waals surface area contributed by atoms with Crippen molar-refractivity contribution in [2.24, 2.45) is 11.8 Å². The number of likely N-dealkylation sites (tertiary alicyclic amines) is 1. The van der Waals surface area contributed by atoms with Gasteiger partial charge in [0.15, 0.2) is 0 Å². The first kappa shape index (κ1) is 21.8. The summed E-state index contributed by atoms with van der Waals surface area (Å²) in [5.74, 6) is 1.73. The number of carbonyl (C=O) groups is 1. The number of hydrogen-bond donors (Lipinski definition) is 1. The highest BCUT2D eigenvalue weighted by Gasteiger charge is 2.35. The summed E-state index contributed by atoms with van der Waals surface area (Å²) >= 11 is 0. The van der Waals surface area contributed by atoms with Gasteiger partial charge in [-0.15, -0.1) is 0 Å². The van der Waals surface area contributed by atoms with E-state index in [0.717, 1.165) is 45.6 Å². The number of fused-ring (bicyclic) bond motifs is 1. The number of nitrogens with one attached hydrogen (secondary N) is 1. The van der Waals surface area contributed by atoms with Crippen molar-refractivity contribution in [3.05, 3.63) is 70.5 Å². The maximum absolute atomic E-state index is 13.1. The van der Waals surface area contributed by atoms with Crippen LogP contribution in [0.15, 0.2) is 42.5 Å². The molecule has 2 unspecified atom stereocenters. The molecule has 0 saturated carbocycles. The average Bonchev–Trinajstić information content (AvgIpc) is 3.18. The molecular weight excluding hydrogens is 399 g/mol. The zero-order valence-electron chi connectivity index (χ0n) is 18.9. The predicted octanol–water partition coefficient (Wildman–Crippen LogP) is 5.05. The highest BCUT2D eigenvalue weighted by molar-refractivity contribution is 5.66. The van der Waals surface area contributed by atoms with Gasteiger partial charge in [0.1, 0.15) is 12.1 Å². The molecule has 1 aliphatic carbocycles. The van der Waals surface area contributed by atoms with Crippen LogP contribution in [0, 0.1) is 17.7 Å². The number of carbonyl (C=O) groups excluding carboxylic acids is 1. The Morgan fingerprint density at radius 1 is 1.00 bits per heavy atom.